The molecule has 0 spiro atoms. The zero-order valence-electron chi connectivity index (χ0n) is 17.9. The molecular weight excluding hydrogens is 412 g/mol. The zero-order valence-corrected chi connectivity index (χ0v) is 18.7. The Bertz CT molecular complexity index is 1060. The molecule has 4 rings (SSSR count). The van der Waals surface area contributed by atoms with Gasteiger partial charge in [-0.15, -0.1) is 0 Å². The predicted molar refractivity (Wildman–Crippen MR) is 119 cm³/mol. The third kappa shape index (κ3) is 4.04. The number of hydrogen-bond donors (Lipinski definition) is 0. The van der Waals surface area contributed by atoms with Crippen molar-refractivity contribution < 1.29 is 18.0 Å². The maximum Gasteiger partial charge on any atom is 0.252 e. The van der Waals surface area contributed by atoms with E-state index in [1.165, 1.54) is 4.31 Å². The third-order valence-electron chi connectivity index (χ3n) is 6.25. The fraction of sp³-hybridized carbons (Fsp3) is 0.417. The molecule has 2 aromatic carbocycles. The highest BCUT2D eigenvalue weighted by atomic mass is 32.2. The van der Waals surface area contributed by atoms with Crippen LogP contribution in [0.25, 0.3) is 0 Å². The van der Waals surface area contributed by atoms with Crippen molar-refractivity contribution >= 4 is 27.5 Å². The van der Waals surface area contributed by atoms with Crippen molar-refractivity contribution in [3.8, 4) is 0 Å². The fourth-order valence-electron chi connectivity index (χ4n) is 4.59. The molecule has 2 amide bonds. The topological polar surface area (TPSA) is 74.8 Å². The standard InChI is InChI=1S/C24H28N2O4S/c1-17(2)18-12-14-19(15-13-18)25-23(27)16-22(24(25)28)26(20-8-6-7-9-20)31(29,30)21-10-4-3-5-11-21/h3-5,10-15,17,20,22H,6-9,16H2,1-2H3. The van der Waals surface area contributed by atoms with Crippen LogP contribution in [0, 0.1) is 0 Å². The highest BCUT2D eigenvalue weighted by Crippen LogP contribution is 2.35. The minimum absolute atomic E-state index is 0.132. The van der Waals surface area contributed by atoms with Crippen molar-refractivity contribution in [2.45, 2.75) is 68.8 Å². The first-order chi connectivity index (χ1) is 14.8. The van der Waals surface area contributed by atoms with Crippen LogP contribution >= 0.6 is 0 Å². The van der Waals surface area contributed by atoms with Crippen LogP contribution in [0.2, 0.25) is 0 Å². The van der Waals surface area contributed by atoms with E-state index in [1.54, 1.807) is 42.5 Å². The van der Waals surface area contributed by atoms with Gasteiger partial charge in [-0.2, -0.15) is 4.31 Å². The van der Waals surface area contributed by atoms with E-state index in [-0.39, 0.29) is 23.3 Å². The molecule has 31 heavy (non-hydrogen) atoms. The Morgan fingerprint density at radius 2 is 1.55 bits per heavy atom. The van der Waals surface area contributed by atoms with Crippen LogP contribution in [0.1, 0.15) is 57.4 Å². The molecule has 1 atom stereocenters. The Balaban J connectivity index is 1.69. The lowest BCUT2D eigenvalue weighted by molar-refractivity contribution is -0.122. The summed E-state index contributed by atoms with van der Waals surface area (Å²) in [7, 11) is -3.91. The predicted octanol–water partition coefficient (Wildman–Crippen LogP) is 4.08. The monoisotopic (exact) mass is 440 g/mol. The summed E-state index contributed by atoms with van der Waals surface area (Å²) >= 11 is 0. The maximum absolute atomic E-state index is 13.6. The van der Waals surface area contributed by atoms with Crippen LogP contribution in [-0.2, 0) is 19.6 Å². The van der Waals surface area contributed by atoms with E-state index in [1.807, 2.05) is 12.1 Å². The van der Waals surface area contributed by atoms with Gasteiger partial charge in [-0.05, 0) is 48.6 Å². The summed E-state index contributed by atoms with van der Waals surface area (Å²) in [5.41, 5.74) is 1.60. The van der Waals surface area contributed by atoms with Crippen molar-refractivity contribution in [3.05, 3.63) is 60.2 Å². The summed E-state index contributed by atoms with van der Waals surface area (Å²) in [4.78, 5) is 27.6. The van der Waals surface area contributed by atoms with E-state index in [4.69, 9.17) is 0 Å². The number of amides is 2. The highest BCUT2D eigenvalue weighted by Gasteiger charge is 2.49. The molecule has 1 saturated carbocycles. The molecule has 2 aromatic rings. The lowest BCUT2D eigenvalue weighted by atomic mass is 10.0. The van der Waals surface area contributed by atoms with E-state index in [9.17, 15) is 18.0 Å². The van der Waals surface area contributed by atoms with Gasteiger partial charge in [-0.3, -0.25) is 9.59 Å². The molecule has 0 bridgehead atoms. The van der Waals surface area contributed by atoms with Gasteiger partial charge in [-0.25, -0.2) is 13.3 Å². The van der Waals surface area contributed by atoms with E-state index in [0.29, 0.717) is 24.4 Å². The van der Waals surface area contributed by atoms with Gasteiger partial charge in [0.2, 0.25) is 15.9 Å². The first-order valence-electron chi connectivity index (χ1n) is 10.9. The number of nitrogens with zero attached hydrogens (tertiary/aromatic N) is 2. The first-order valence-corrected chi connectivity index (χ1v) is 12.3. The summed E-state index contributed by atoms with van der Waals surface area (Å²) in [5, 5.41) is 0. The molecule has 1 saturated heterocycles. The van der Waals surface area contributed by atoms with Crippen molar-refractivity contribution in [1.29, 1.82) is 0 Å². The third-order valence-corrected chi connectivity index (χ3v) is 8.23. The van der Waals surface area contributed by atoms with Crippen molar-refractivity contribution in [1.82, 2.24) is 4.31 Å². The van der Waals surface area contributed by atoms with Gasteiger partial charge in [0.25, 0.3) is 5.91 Å². The molecule has 1 unspecified atom stereocenters. The SMILES string of the molecule is CC(C)c1ccc(N2C(=O)CC(N(C3CCCC3)S(=O)(=O)c3ccccc3)C2=O)cc1. The molecule has 2 fully saturated rings. The van der Waals surface area contributed by atoms with E-state index < -0.39 is 22.0 Å². The number of carbonyl (C=O) groups excluding carboxylic acids is 2. The average molecular weight is 441 g/mol. The molecular formula is C24H28N2O4S. The van der Waals surface area contributed by atoms with Crippen molar-refractivity contribution in [3.63, 3.8) is 0 Å². The summed E-state index contributed by atoms with van der Waals surface area (Å²) in [6.45, 7) is 4.15. The molecule has 1 heterocycles. The second-order valence-electron chi connectivity index (χ2n) is 8.62. The van der Waals surface area contributed by atoms with Gasteiger partial charge in [0, 0.05) is 6.04 Å². The van der Waals surface area contributed by atoms with E-state index in [0.717, 1.165) is 23.3 Å². The van der Waals surface area contributed by atoms with Gasteiger partial charge in [0.15, 0.2) is 0 Å². The Morgan fingerprint density at radius 3 is 2.13 bits per heavy atom. The fourth-order valence-corrected chi connectivity index (χ4v) is 6.43. The minimum atomic E-state index is -3.91. The lowest BCUT2D eigenvalue weighted by Crippen LogP contribution is -2.49. The Hall–Kier alpha value is -2.51. The maximum atomic E-state index is 13.6. The van der Waals surface area contributed by atoms with E-state index >= 15 is 0 Å². The van der Waals surface area contributed by atoms with Crippen LogP contribution in [0.15, 0.2) is 59.5 Å². The molecule has 0 radical (unpaired) electrons. The lowest BCUT2D eigenvalue weighted by Gasteiger charge is -2.32. The minimum Gasteiger partial charge on any atom is -0.274 e. The molecule has 2 aliphatic rings. The summed E-state index contributed by atoms with van der Waals surface area (Å²) in [5.74, 6) is -0.493. The summed E-state index contributed by atoms with van der Waals surface area (Å²) < 4.78 is 28.5. The second kappa shape index (κ2) is 8.55. The average Bonchev–Trinajstić information content (AvgIpc) is 3.37. The normalized spacial score (nSPS) is 20.4. The molecule has 0 aromatic heterocycles. The number of anilines is 1. The quantitative estimate of drug-likeness (QED) is 0.635. The second-order valence-corrected chi connectivity index (χ2v) is 10.5. The molecule has 164 valence electrons. The van der Waals surface area contributed by atoms with Crippen LogP contribution in [0.4, 0.5) is 5.69 Å². The Kier molecular flexibility index (Phi) is 5.99. The van der Waals surface area contributed by atoms with Crippen molar-refractivity contribution in [2.24, 2.45) is 0 Å². The number of carbonyl (C=O) groups is 2. The van der Waals surface area contributed by atoms with E-state index in [2.05, 4.69) is 13.8 Å². The van der Waals surface area contributed by atoms with Crippen LogP contribution in [0.3, 0.4) is 0 Å². The van der Waals surface area contributed by atoms with Gasteiger partial charge in [-0.1, -0.05) is 57.0 Å². The van der Waals surface area contributed by atoms with Crippen LogP contribution in [-0.4, -0.2) is 36.6 Å². The smallest absolute Gasteiger partial charge is 0.252 e. The Morgan fingerprint density at radius 1 is 0.935 bits per heavy atom. The number of hydrogen-bond acceptors (Lipinski definition) is 4. The number of benzene rings is 2. The number of imide groups is 1. The summed E-state index contributed by atoms with van der Waals surface area (Å²) in [6.07, 6.45) is 3.11. The molecule has 0 N–H and O–H groups in total. The molecule has 1 aliphatic carbocycles. The van der Waals surface area contributed by atoms with Gasteiger partial charge < -0.3 is 0 Å². The van der Waals surface area contributed by atoms with Gasteiger partial charge >= 0.3 is 0 Å². The largest absolute Gasteiger partial charge is 0.274 e. The van der Waals surface area contributed by atoms with Gasteiger partial charge in [0.1, 0.15) is 6.04 Å². The zero-order chi connectivity index (χ0) is 22.2. The first kappa shape index (κ1) is 21.7. The Labute approximate surface area is 183 Å². The van der Waals surface area contributed by atoms with Crippen LogP contribution in [0.5, 0.6) is 0 Å². The molecule has 7 heteroatoms. The highest BCUT2D eigenvalue weighted by molar-refractivity contribution is 7.89. The van der Waals surface area contributed by atoms with Gasteiger partial charge in [0.05, 0.1) is 17.0 Å². The molecule has 1 aliphatic heterocycles. The molecule has 6 nitrogen and oxygen atoms in total. The van der Waals surface area contributed by atoms with Crippen LogP contribution < -0.4 is 4.90 Å². The number of sulfonamides is 1. The summed E-state index contributed by atoms with van der Waals surface area (Å²) in [6, 6.07) is 14.2. The van der Waals surface area contributed by atoms with Crippen molar-refractivity contribution in [2.75, 3.05) is 4.90 Å². The number of rotatable bonds is 6.